The molecule has 1 nitrogen and oxygen atoms in total. The molecule has 120 valence electrons. The zero-order chi connectivity index (χ0) is 15.8. The largest absolute Gasteiger partial charge is 0.317 e. The number of piperidine rings is 1. The predicted molar refractivity (Wildman–Crippen MR) is 98.7 cm³/mol. The molecule has 0 unspecified atom stereocenters. The second-order valence-corrected chi connectivity index (χ2v) is 6.60. The molecule has 1 N–H and O–H groups in total. The van der Waals surface area contributed by atoms with Crippen molar-refractivity contribution < 1.29 is 0 Å². The van der Waals surface area contributed by atoms with Crippen LogP contribution in [0.5, 0.6) is 0 Å². The molecule has 1 aliphatic heterocycles. The molecule has 1 saturated heterocycles. The van der Waals surface area contributed by atoms with E-state index in [0.29, 0.717) is 5.41 Å². The van der Waals surface area contributed by atoms with Crippen LogP contribution in [0.25, 0.3) is 0 Å². The van der Waals surface area contributed by atoms with Crippen molar-refractivity contribution in [3.63, 3.8) is 0 Å². The average molecular weight is 305 g/mol. The Morgan fingerprint density at radius 1 is 0.826 bits per heavy atom. The van der Waals surface area contributed by atoms with Crippen LogP contribution < -0.4 is 5.32 Å². The summed E-state index contributed by atoms with van der Waals surface area (Å²) in [6, 6.07) is 21.9. The molecule has 2 aromatic carbocycles. The van der Waals surface area contributed by atoms with Gasteiger partial charge in [-0.3, -0.25) is 0 Å². The van der Waals surface area contributed by atoms with E-state index in [-0.39, 0.29) is 0 Å². The molecule has 0 saturated carbocycles. The number of rotatable bonds is 6. The molecule has 23 heavy (non-hydrogen) atoms. The summed E-state index contributed by atoms with van der Waals surface area (Å²) in [7, 11) is 0. The van der Waals surface area contributed by atoms with Crippen molar-refractivity contribution in [1.82, 2.24) is 5.32 Å². The van der Waals surface area contributed by atoms with Crippen LogP contribution in [-0.4, -0.2) is 13.1 Å². The first-order valence-corrected chi connectivity index (χ1v) is 8.84. The van der Waals surface area contributed by atoms with E-state index in [9.17, 15) is 0 Å². The number of aryl methyl sites for hydroxylation is 1. The molecule has 1 heterocycles. The molecule has 0 aliphatic carbocycles. The predicted octanol–water partition coefficient (Wildman–Crippen LogP) is 4.89. The summed E-state index contributed by atoms with van der Waals surface area (Å²) < 4.78 is 0. The SMILES string of the molecule is C(=C\CC1(c2ccccc2)CCNCC1)/CCc1ccccc1. The second-order valence-electron chi connectivity index (χ2n) is 6.60. The van der Waals surface area contributed by atoms with Crippen LogP contribution in [0.4, 0.5) is 0 Å². The van der Waals surface area contributed by atoms with Gasteiger partial charge in [-0.1, -0.05) is 72.8 Å². The number of allylic oxidation sites excluding steroid dienone is 2. The molecule has 0 radical (unpaired) electrons. The smallest absolute Gasteiger partial charge is 0.00115 e. The molecule has 0 spiro atoms. The van der Waals surface area contributed by atoms with E-state index in [1.807, 2.05) is 0 Å². The van der Waals surface area contributed by atoms with Crippen molar-refractivity contribution in [2.24, 2.45) is 0 Å². The van der Waals surface area contributed by atoms with E-state index in [2.05, 4.69) is 78.1 Å². The minimum Gasteiger partial charge on any atom is -0.317 e. The molecule has 0 atom stereocenters. The van der Waals surface area contributed by atoms with Gasteiger partial charge in [0.05, 0.1) is 0 Å². The van der Waals surface area contributed by atoms with Gasteiger partial charge in [-0.2, -0.15) is 0 Å². The zero-order valence-electron chi connectivity index (χ0n) is 13.9. The standard InChI is InChI=1S/C22H27N/c1-4-10-20(11-5-1)12-6-3-9-15-22(16-18-23-19-17-22)21-13-7-2-8-14-21/h1-5,7-11,13-14,23H,6,12,15-19H2/b9-3+. The van der Waals surface area contributed by atoms with Gasteiger partial charge >= 0.3 is 0 Å². The minimum atomic E-state index is 0.329. The second kappa shape index (κ2) is 8.12. The van der Waals surface area contributed by atoms with E-state index in [4.69, 9.17) is 0 Å². The molecule has 3 rings (SSSR count). The van der Waals surface area contributed by atoms with Crippen LogP contribution in [0, 0.1) is 0 Å². The van der Waals surface area contributed by atoms with Crippen LogP contribution in [0.2, 0.25) is 0 Å². The van der Waals surface area contributed by atoms with Crippen LogP contribution in [-0.2, 0) is 11.8 Å². The maximum Gasteiger partial charge on any atom is 0.00115 e. The fraction of sp³-hybridized carbons (Fsp3) is 0.364. The van der Waals surface area contributed by atoms with Gasteiger partial charge in [-0.15, -0.1) is 0 Å². The van der Waals surface area contributed by atoms with Crippen LogP contribution in [0.15, 0.2) is 72.8 Å². The first-order chi connectivity index (χ1) is 11.4. The monoisotopic (exact) mass is 305 g/mol. The van der Waals surface area contributed by atoms with E-state index < -0.39 is 0 Å². The highest BCUT2D eigenvalue weighted by molar-refractivity contribution is 5.27. The molecule has 1 fully saturated rings. The van der Waals surface area contributed by atoms with E-state index in [1.165, 1.54) is 24.0 Å². The van der Waals surface area contributed by atoms with Crippen molar-refractivity contribution in [3.8, 4) is 0 Å². The Bertz CT molecular complexity index is 594. The van der Waals surface area contributed by atoms with Crippen LogP contribution in [0.3, 0.4) is 0 Å². The Balaban J connectivity index is 1.60. The van der Waals surface area contributed by atoms with Crippen LogP contribution >= 0.6 is 0 Å². The van der Waals surface area contributed by atoms with Crippen molar-refractivity contribution in [3.05, 3.63) is 83.9 Å². The van der Waals surface area contributed by atoms with E-state index >= 15 is 0 Å². The third kappa shape index (κ3) is 4.33. The number of hydrogen-bond donors (Lipinski definition) is 1. The normalized spacial score (nSPS) is 17.4. The lowest BCUT2D eigenvalue weighted by Gasteiger charge is -2.37. The summed E-state index contributed by atoms with van der Waals surface area (Å²) in [4.78, 5) is 0. The van der Waals surface area contributed by atoms with Crippen LogP contribution in [0.1, 0.15) is 36.8 Å². The summed E-state index contributed by atoms with van der Waals surface area (Å²) in [5, 5.41) is 3.51. The summed E-state index contributed by atoms with van der Waals surface area (Å²) in [5.74, 6) is 0. The Hall–Kier alpha value is -1.86. The Morgan fingerprint density at radius 2 is 1.48 bits per heavy atom. The molecule has 0 aromatic heterocycles. The summed E-state index contributed by atoms with van der Waals surface area (Å²) in [5.41, 5.74) is 3.27. The molecule has 1 heteroatoms. The van der Waals surface area contributed by atoms with Gasteiger partial charge in [-0.25, -0.2) is 0 Å². The lowest BCUT2D eigenvalue weighted by molar-refractivity contribution is 0.309. The van der Waals surface area contributed by atoms with Gasteiger partial charge in [0.25, 0.3) is 0 Å². The fourth-order valence-corrected chi connectivity index (χ4v) is 3.63. The molecule has 1 aliphatic rings. The highest BCUT2D eigenvalue weighted by Crippen LogP contribution is 2.37. The molecule has 0 amide bonds. The summed E-state index contributed by atoms with van der Waals surface area (Å²) >= 11 is 0. The summed E-state index contributed by atoms with van der Waals surface area (Å²) in [6.45, 7) is 2.26. The van der Waals surface area contributed by atoms with Crippen molar-refractivity contribution in [2.45, 2.75) is 37.5 Å². The maximum absolute atomic E-state index is 3.51. The highest BCUT2D eigenvalue weighted by Gasteiger charge is 2.32. The number of nitrogens with one attached hydrogen (secondary N) is 1. The minimum absolute atomic E-state index is 0.329. The average Bonchev–Trinajstić information content (AvgIpc) is 2.64. The van der Waals surface area contributed by atoms with Gasteiger partial charge in [0.2, 0.25) is 0 Å². The van der Waals surface area contributed by atoms with Gasteiger partial charge < -0.3 is 5.32 Å². The third-order valence-electron chi connectivity index (χ3n) is 5.06. The van der Waals surface area contributed by atoms with E-state index in [1.54, 1.807) is 0 Å². The molecule has 0 bridgehead atoms. The lowest BCUT2D eigenvalue weighted by Crippen LogP contribution is -2.39. The molecule has 2 aromatic rings. The Morgan fingerprint density at radius 3 is 2.17 bits per heavy atom. The number of benzene rings is 2. The Kier molecular flexibility index (Phi) is 5.65. The van der Waals surface area contributed by atoms with Gasteiger partial charge in [-0.05, 0) is 56.3 Å². The topological polar surface area (TPSA) is 12.0 Å². The van der Waals surface area contributed by atoms with Gasteiger partial charge in [0.1, 0.15) is 0 Å². The van der Waals surface area contributed by atoms with Crippen molar-refractivity contribution in [2.75, 3.05) is 13.1 Å². The third-order valence-corrected chi connectivity index (χ3v) is 5.06. The quantitative estimate of drug-likeness (QED) is 0.749. The van der Waals surface area contributed by atoms with Gasteiger partial charge in [0, 0.05) is 5.41 Å². The first-order valence-electron chi connectivity index (χ1n) is 8.84. The Labute approximate surface area is 140 Å². The highest BCUT2D eigenvalue weighted by atomic mass is 14.9. The summed E-state index contributed by atoms with van der Waals surface area (Å²) in [6.07, 6.45) is 10.7. The van der Waals surface area contributed by atoms with Crippen molar-refractivity contribution in [1.29, 1.82) is 0 Å². The lowest BCUT2D eigenvalue weighted by atomic mass is 9.71. The fourth-order valence-electron chi connectivity index (χ4n) is 3.63. The number of hydrogen-bond acceptors (Lipinski definition) is 1. The van der Waals surface area contributed by atoms with Crippen molar-refractivity contribution >= 4 is 0 Å². The zero-order valence-corrected chi connectivity index (χ0v) is 13.9. The first kappa shape index (κ1) is 16.0. The molecular formula is C22H27N. The molecular weight excluding hydrogens is 278 g/mol. The van der Waals surface area contributed by atoms with E-state index in [0.717, 1.165) is 32.4 Å². The maximum atomic E-state index is 3.51. The van der Waals surface area contributed by atoms with Gasteiger partial charge in [0.15, 0.2) is 0 Å².